The summed E-state index contributed by atoms with van der Waals surface area (Å²) < 4.78 is 5.52. The molecule has 0 aromatic heterocycles. The minimum atomic E-state index is 0.314. The summed E-state index contributed by atoms with van der Waals surface area (Å²) in [6.45, 7) is 5.37. The highest BCUT2D eigenvalue weighted by molar-refractivity contribution is 4.64. The van der Waals surface area contributed by atoms with Gasteiger partial charge >= 0.3 is 0 Å². The zero-order valence-electron chi connectivity index (χ0n) is 6.18. The van der Waals surface area contributed by atoms with Gasteiger partial charge in [0.25, 0.3) is 0 Å². The minimum absolute atomic E-state index is 0.314. The molecule has 1 aliphatic heterocycles. The molecule has 0 aliphatic carbocycles. The Bertz CT molecular complexity index is 85.0. The predicted octanol–water partition coefficient (Wildman–Crippen LogP) is 1.12. The molecule has 0 aromatic carbocycles. The largest absolute Gasteiger partial charge is 0.360 e. The average molecular weight is 129 g/mol. The summed E-state index contributed by atoms with van der Waals surface area (Å²) in [5.41, 5.74) is 0. The van der Waals surface area contributed by atoms with Gasteiger partial charge in [-0.15, -0.1) is 0 Å². The summed E-state index contributed by atoms with van der Waals surface area (Å²) in [5, 5.41) is 3.28. The highest BCUT2D eigenvalue weighted by atomic mass is 16.5. The van der Waals surface area contributed by atoms with Gasteiger partial charge in [0.05, 0.1) is 6.10 Å². The first-order valence-electron chi connectivity index (χ1n) is 3.71. The molecule has 54 valence electrons. The molecule has 1 aliphatic rings. The molecule has 1 saturated heterocycles. The number of hydrogen-bond acceptors (Lipinski definition) is 2. The van der Waals surface area contributed by atoms with Crippen LogP contribution in [0.2, 0.25) is 0 Å². The van der Waals surface area contributed by atoms with Crippen LogP contribution in [-0.4, -0.2) is 18.9 Å². The Morgan fingerprint density at radius 3 is 2.89 bits per heavy atom. The maximum absolute atomic E-state index is 5.52. The van der Waals surface area contributed by atoms with E-state index in [1.54, 1.807) is 0 Å². The third-order valence-electron chi connectivity index (χ3n) is 1.69. The van der Waals surface area contributed by atoms with E-state index in [0.717, 1.165) is 19.4 Å². The number of nitrogens with one attached hydrogen (secondary N) is 1. The molecular formula is C7H15NO. The Morgan fingerprint density at radius 1 is 1.67 bits per heavy atom. The summed E-state index contributed by atoms with van der Waals surface area (Å²) in [5.74, 6) is 0. The fourth-order valence-corrected chi connectivity index (χ4v) is 1.08. The van der Waals surface area contributed by atoms with E-state index in [1.165, 1.54) is 0 Å². The Balaban J connectivity index is 2.23. The normalized spacial score (nSPS) is 36.7. The molecule has 2 heteroatoms. The molecule has 9 heavy (non-hydrogen) atoms. The van der Waals surface area contributed by atoms with Gasteiger partial charge in [0.15, 0.2) is 0 Å². The first-order valence-corrected chi connectivity index (χ1v) is 3.71. The molecule has 0 bridgehead atoms. The van der Waals surface area contributed by atoms with Crippen LogP contribution in [0.1, 0.15) is 26.7 Å². The van der Waals surface area contributed by atoms with Crippen molar-refractivity contribution < 1.29 is 4.74 Å². The Morgan fingerprint density at radius 2 is 2.44 bits per heavy atom. The van der Waals surface area contributed by atoms with Crippen molar-refractivity contribution in [2.45, 2.75) is 39.0 Å². The van der Waals surface area contributed by atoms with Crippen LogP contribution >= 0.6 is 0 Å². The van der Waals surface area contributed by atoms with Crippen molar-refractivity contribution in [2.75, 3.05) is 6.54 Å². The Hall–Kier alpha value is -0.0800. The van der Waals surface area contributed by atoms with Gasteiger partial charge < -0.3 is 4.74 Å². The quantitative estimate of drug-likeness (QED) is 0.573. The van der Waals surface area contributed by atoms with Gasteiger partial charge in [0, 0.05) is 0 Å². The van der Waals surface area contributed by atoms with Crippen molar-refractivity contribution in [3.8, 4) is 0 Å². The minimum Gasteiger partial charge on any atom is -0.360 e. The number of ether oxygens (including phenoxy) is 1. The maximum Gasteiger partial charge on any atom is 0.108 e. The van der Waals surface area contributed by atoms with E-state index in [9.17, 15) is 0 Å². The Kier molecular flexibility index (Phi) is 2.49. The fourth-order valence-electron chi connectivity index (χ4n) is 1.08. The second-order valence-corrected chi connectivity index (χ2v) is 2.59. The van der Waals surface area contributed by atoms with E-state index in [-0.39, 0.29) is 0 Å². The lowest BCUT2D eigenvalue weighted by Crippen LogP contribution is -2.41. The zero-order valence-corrected chi connectivity index (χ0v) is 6.18. The molecule has 2 unspecified atom stereocenters. The molecule has 0 saturated carbocycles. The lowest BCUT2D eigenvalue weighted by Gasteiger charge is -2.27. The summed E-state index contributed by atoms with van der Waals surface area (Å²) in [6, 6.07) is 0. The number of hydrogen-bond donors (Lipinski definition) is 1. The first-order chi connectivity index (χ1) is 4.33. The van der Waals surface area contributed by atoms with E-state index in [1.807, 2.05) is 0 Å². The van der Waals surface area contributed by atoms with Crippen LogP contribution in [0.5, 0.6) is 0 Å². The molecule has 0 radical (unpaired) electrons. The molecule has 1 fully saturated rings. The van der Waals surface area contributed by atoms with Crippen LogP contribution in [0.15, 0.2) is 0 Å². The molecule has 2 atom stereocenters. The van der Waals surface area contributed by atoms with Gasteiger partial charge in [-0.25, -0.2) is 0 Å². The van der Waals surface area contributed by atoms with Crippen molar-refractivity contribution in [2.24, 2.45) is 0 Å². The predicted molar refractivity (Wildman–Crippen MR) is 37.2 cm³/mol. The van der Waals surface area contributed by atoms with Gasteiger partial charge in [-0.3, -0.25) is 5.32 Å². The second kappa shape index (κ2) is 3.18. The topological polar surface area (TPSA) is 21.3 Å². The van der Waals surface area contributed by atoms with Crippen LogP contribution in [0.25, 0.3) is 0 Å². The zero-order chi connectivity index (χ0) is 6.69. The second-order valence-electron chi connectivity index (χ2n) is 2.59. The van der Waals surface area contributed by atoms with Crippen molar-refractivity contribution in [1.82, 2.24) is 5.32 Å². The molecule has 1 N–H and O–H groups in total. The molecule has 0 amide bonds. The van der Waals surface area contributed by atoms with E-state index >= 15 is 0 Å². The molecule has 1 rings (SSSR count). The van der Waals surface area contributed by atoms with Gasteiger partial charge in [0.1, 0.15) is 6.23 Å². The van der Waals surface area contributed by atoms with Crippen LogP contribution in [-0.2, 0) is 4.74 Å². The summed E-state index contributed by atoms with van der Waals surface area (Å²) in [7, 11) is 0. The van der Waals surface area contributed by atoms with Crippen LogP contribution in [0.3, 0.4) is 0 Å². The fraction of sp³-hybridized carbons (Fsp3) is 1.00. The highest BCUT2D eigenvalue weighted by Crippen LogP contribution is 2.07. The highest BCUT2D eigenvalue weighted by Gasteiger charge is 2.15. The van der Waals surface area contributed by atoms with Crippen LogP contribution in [0, 0.1) is 0 Å². The molecule has 0 aromatic rings. The lowest BCUT2D eigenvalue weighted by molar-refractivity contribution is -0.0528. The van der Waals surface area contributed by atoms with Crippen molar-refractivity contribution in [3.63, 3.8) is 0 Å². The lowest BCUT2D eigenvalue weighted by atomic mass is 10.2. The third-order valence-corrected chi connectivity index (χ3v) is 1.69. The summed E-state index contributed by atoms with van der Waals surface area (Å²) >= 11 is 0. The molecule has 1 heterocycles. The van der Waals surface area contributed by atoms with Gasteiger partial charge in [0.2, 0.25) is 0 Å². The van der Waals surface area contributed by atoms with E-state index < -0.39 is 0 Å². The van der Waals surface area contributed by atoms with Crippen LogP contribution in [0.4, 0.5) is 0 Å². The van der Waals surface area contributed by atoms with Gasteiger partial charge in [-0.05, 0) is 26.3 Å². The van der Waals surface area contributed by atoms with Crippen LogP contribution < -0.4 is 5.32 Å². The maximum atomic E-state index is 5.52. The van der Waals surface area contributed by atoms with Gasteiger partial charge in [-0.2, -0.15) is 0 Å². The molecule has 0 spiro atoms. The smallest absolute Gasteiger partial charge is 0.108 e. The van der Waals surface area contributed by atoms with Gasteiger partial charge in [-0.1, -0.05) is 6.92 Å². The average Bonchev–Trinajstić information content (AvgIpc) is 1.88. The van der Waals surface area contributed by atoms with E-state index in [4.69, 9.17) is 4.74 Å². The first kappa shape index (κ1) is 7.03. The third kappa shape index (κ3) is 1.95. The SMILES string of the molecule is CCC1NCCC(C)O1. The van der Waals surface area contributed by atoms with E-state index in [2.05, 4.69) is 19.2 Å². The van der Waals surface area contributed by atoms with E-state index in [0.29, 0.717) is 12.3 Å². The van der Waals surface area contributed by atoms with Crippen molar-refractivity contribution in [3.05, 3.63) is 0 Å². The Labute approximate surface area is 56.6 Å². The summed E-state index contributed by atoms with van der Waals surface area (Å²) in [6.07, 6.45) is 2.99. The monoisotopic (exact) mass is 129 g/mol. The molecular weight excluding hydrogens is 114 g/mol. The number of rotatable bonds is 1. The molecule has 2 nitrogen and oxygen atoms in total. The standard InChI is InChI=1S/C7H15NO/c1-3-7-8-5-4-6(2)9-7/h6-8H,3-5H2,1-2H3. The van der Waals surface area contributed by atoms with Crippen molar-refractivity contribution in [1.29, 1.82) is 0 Å². The van der Waals surface area contributed by atoms with Crippen molar-refractivity contribution >= 4 is 0 Å². The summed E-state index contributed by atoms with van der Waals surface area (Å²) in [4.78, 5) is 0.